The Hall–Kier alpha value is -1.72. The summed E-state index contributed by atoms with van der Waals surface area (Å²) >= 11 is 0. The van der Waals surface area contributed by atoms with Gasteiger partial charge >= 0.3 is 0 Å². The normalized spacial score (nSPS) is 21.0. The van der Waals surface area contributed by atoms with E-state index in [1.807, 2.05) is 25.2 Å². The highest BCUT2D eigenvalue weighted by Crippen LogP contribution is 2.37. The average molecular weight is 314 g/mol. The van der Waals surface area contributed by atoms with E-state index in [9.17, 15) is 5.11 Å². The lowest BCUT2D eigenvalue weighted by molar-refractivity contribution is 0.00496. The van der Waals surface area contributed by atoms with Gasteiger partial charge in [-0.05, 0) is 31.0 Å². The van der Waals surface area contributed by atoms with Gasteiger partial charge in [0.05, 0.1) is 6.54 Å². The second-order valence-electron chi connectivity index (χ2n) is 7.72. The standard InChI is InChI=1S/C18H26N4O/c1-17(2,3)16-19-15(20-21-16)11-22(4)12-18(23)10-9-13-7-5-6-8-14(13)18/h5-8,23H,9-12H2,1-4H3,(H,19,20,21). The van der Waals surface area contributed by atoms with Crippen LogP contribution in [0.15, 0.2) is 24.3 Å². The van der Waals surface area contributed by atoms with Gasteiger partial charge in [-0.2, -0.15) is 5.10 Å². The minimum atomic E-state index is -0.766. The molecule has 5 heteroatoms. The fraction of sp³-hybridized carbons (Fsp3) is 0.556. The Morgan fingerprint density at radius 1 is 1.30 bits per heavy atom. The Morgan fingerprint density at radius 2 is 2.04 bits per heavy atom. The third-order valence-electron chi connectivity index (χ3n) is 4.48. The summed E-state index contributed by atoms with van der Waals surface area (Å²) in [6.07, 6.45) is 1.72. The lowest BCUT2D eigenvalue weighted by atomic mass is 9.95. The number of hydrogen-bond acceptors (Lipinski definition) is 4. The number of aliphatic hydroxyl groups is 1. The quantitative estimate of drug-likeness (QED) is 0.909. The predicted molar refractivity (Wildman–Crippen MR) is 90.1 cm³/mol. The third-order valence-corrected chi connectivity index (χ3v) is 4.48. The van der Waals surface area contributed by atoms with Crippen molar-refractivity contribution in [2.24, 2.45) is 0 Å². The molecule has 0 saturated heterocycles. The van der Waals surface area contributed by atoms with Crippen LogP contribution in [0.25, 0.3) is 0 Å². The number of H-pyrrole nitrogens is 1. The molecule has 0 radical (unpaired) electrons. The molecule has 5 nitrogen and oxygen atoms in total. The molecule has 0 aliphatic heterocycles. The van der Waals surface area contributed by atoms with Crippen LogP contribution in [0.2, 0.25) is 0 Å². The van der Waals surface area contributed by atoms with Crippen molar-refractivity contribution in [2.75, 3.05) is 13.6 Å². The van der Waals surface area contributed by atoms with Crippen LogP contribution in [-0.2, 0) is 24.0 Å². The fourth-order valence-electron chi connectivity index (χ4n) is 3.29. The Morgan fingerprint density at radius 3 is 2.74 bits per heavy atom. The molecule has 0 saturated carbocycles. The molecule has 0 spiro atoms. The number of aromatic nitrogens is 3. The van der Waals surface area contributed by atoms with Gasteiger partial charge in [0, 0.05) is 12.0 Å². The van der Waals surface area contributed by atoms with Gasteiger partial charge in [-0.3, -0.25) is 10.00 Å². The van der Waals surface area contributed by atoms with Gasteiger partial charge in [0.15, 0.2) is 5.82 Å². The summed E-state index contributed by atoms with van der Waals surface area (Å²) in [4.78, 5) is 6.68. The number of aromatic amines is 1. The third kappa shape index (κ3) is 3.31. The molecule has 3 rings (SSSR count). The van der Waals surface area contributed by atoms with Crippen molar-refractivity contribution in [3.63, 3.8) is 0 Å². The first-order chi connectivity index (χ1) is 10.8. The van der Waals surface area contributed by atoms with Gasteiger partial charge in [0.1, 0.15) is 11.4 Å². The fourth-order valence-corrected chi connectivity index (χ4v) is 3.29. The van der Waals surface area contributed by atoms with E-state index < -0.39 is 5.60 Å². The van der Waals surface area contributed by atoms with Gasteiger partial charge in [-0.15, -0.1) is 0 Å². The molecule has 1 aromatic carbocycles. The zero-order valence-electron chi connectivity index (χ0n) is 14.4. The Balaban J connectivity index is 1.68. The molecule has 124 valence electrons. The van der Waals surface area contributed by atoms with Gasteiger partial charge < -0.3 is 5.11 Å². The molecule has 1 aliphatic carbocycles. The van der Waals surface area contributed by atoms with E-state index in [-0.39, 0.29) is 5.41 Å². The molecule has 1 aromatic heterocycles. The number of rotatable bonds is 4. The second kappa shape index (κ2) is 5.73. The summed E-state index contributed by atoms with van der Waals surface area (Å²) in [6.45, 7) is 7.54. The lowest BCUT2D eigenvalue weighted by Crippen LogP contribution is -2.37. The summed E-state index contributed by atoms with van der Waals surface area (Å²) in [7, 11) is 2.01. The van der Waals surface area contributed by atoms with Crippen molar-refractivity contribution < 1.29 is 5.11 Å². The maximum atomic E-state index is 11.0. The van der Waals surface area contributed by atoms with Crippen molar-refractivity contribution in [1.29, 1.82) is 0 Å². The van der Waals surface area contributed by atoms with Crippen LogP contribution < -0.4 is 0 Å². The molecule has 0 fully saturated rings. The largest absolute Gasteiger partial charge is 0.384 e. The zero-order chi connectivity index (χ0) is 16.7. The van der Waals surface area contributed by atoms with E-state index in [2.05, 4.69) is 46.9 Å². The number of nitrogens with zero attached hydrogens (tertiary/aromatic N) is 3. The van der Waals surface area contributed by atoms with Crippen LogP contribution in [0, 0.1) is 0 Å². The topological polar surface area (TPSA) is 65.0 Å². The molecular weight excluding hydrogens is 288 g/mol. The zero-order valence-corrected chi connectivity index (χ0v) is 14.4. The van der Waals surface area contributed by atoms with E-state index in [0.29, 0.717) is 13.1 Å². The highest BCUT2D eigenvalue weighted by Gasteiger charge is 2.37. The van der Waals surface area contributed by atoms with Crippen LogP contribution in [0.3, 0.4) is 0 Å². The summed E-state index contributed by atoms with van der Waals surface area (Å²) in [6, 6.07) is 8.19. The number of aryl methyl sites for hydroxylation is 1. The molecule has 1 aliphatic rings. The molecule has 1 heterocycles. The first kappa shape index (κ1) is 16.1. The van der Waals surface area contributed by atoms with E-state index in [0.717, 1.165) is 30.1 Å². The van der Waals surface area contributed by atoms with Crippen molar-refractivity contribution in [3.05, 3.63) is 47.0 Å². The molecule has 23 heavy (non-hydrogen) atoms. The average Bonchev–Trinajstić information content (AvgIpc) is 3.05. The van der Waals surface area contributed by atoms with Crippen molar-refractivity contribution in [2.45, 2.75) is 51.2 Å². The van der Waals surface area contributed by atoms with Crippen molar-refractivity contribution >= 4 is 0 Å². The Bertz CT molecular complexity index is 688. The van der Waals surface area contributed by atoms with Gasteiger partial charge in [-0.25, -0.2) is 4.98 Å². The lowest BCUT2D eigenvalue weighted by Gasteiger charge is -2.29. The van der Waals surface area contributed by atoms with Crippen LogP contribution in [-0.4, -0.2) is 38.8 Å². The number of fused-ring (bicyclic) bond motifs is 1. The maximum absolute atomic E-state index is 11.0. The van der Waals surface area contributed by atoms with Crippen molar-refractivity contribution in [1.82, 2.24) is 20.1 Å². The van der Waals surface area contributed by atoms with E-state index in [1.165, 1.54) is 5.56 Å². The highest BCUT2D eigenvalue weighted by atomic mass is 16.3. The molecule has 0 bridgehead atoms. The smallest absolute Gasteiger partial charge is 0.156 e. The second-order valence-corrected chi connectivity index (χ2v) is 7.72. The van der Waals surface area contributed by atoms with E-state index in [1.54, 1.807) is 0 Å². The SMILES string of the molecule is CN(Cc1nc(C(C)(C)C)n[nH]1)CC1(O)CCc2ccccc21. The van der Waals surface area contributed by atoms with Gasteiger partial charge in [0.25, 0.3) is 0 Å². The summed E-state index contributed by atoms with van der Waals surface area (Å²) in [5.74, 6) is 1.66. The molecule has 0 amide bonds. The maximum Gasteiger partial charge on any atom is 0.156 e. The van der Waals surface area contributed by atoms with Crippen LogP contribution >= 0.6 is 0 Å². The predicted octanol–water partition coefficient (Wildman–Crippen LogP) is 2.37. The molecule has 2 aromatic rings. The minimum Gasteiger partial charge on any atom is -0.384 e. The van der Waals surface area contributed by atoms with Crippen molar-refractivity contribution in [3.8, 4) is 0 Å². The Labute approximate surface area is 137 Å². The molecular formula is C18H26N4O. The van der Waals surface area contributed by atoms with E-state index in [4.69, 9.17) is 0 Å². The first-order valence-corrected chi connectivity index (χ1v) is 8.19. The number of nitrogens with one attached hydrogen (secondary N) is 1. The number of hydrogen-bond donors (Lipinski definition) is 2. The van der Waals surface area contributed by atoms with Crippen LogP contribution in [0.5, 0.6) is 0 Å². The number of likely N-dealkylation sites (N-methyl/N-ethyl adjacent to an activating group) is 1. The summed E-state index contributed by atoms with van der Waals surface area (Å²) in [5, 5.41) is 18.4. The van der Waals surface area contributed by atoms with E-state index >= 15 is 0 Å². The summed E-state index contributed by atoms with van der Waals surface area (Å²) in [5.41, 5.74) is 1.51. The van der Waals surface area contributed by atoms with Crippen LogP contribution in [0.1, 0.15) is 50.0 Å². The molecule has 2 N–H and O–H groups in total. The number of benzene rings is 1. The van der Waals surface area contributed by atoms with Gasteiger partial charge in [0.2, 0.25) is 0 Å². The van der Waals surface area contributed by atoms with Gasteiger partial charge in [-0.1, -0.05) is 45.0 Å². The molecule has 1 atom stereocenters. The Kier molecular flexibility index (Phi) is 4.02. The first-order valence-electron chi connectivity index (χ1n) is 8.19. The molecule has 1 unspecified atom stereocenters. The monoisotopic (exact) mass is 314 g/mol. The summed E-state index contributed by atoms with van der Waals surface area (Å²) < 4.78 is 0. The van der Waals surface area contributed by atoms with Crippen LogP contribution in [0.4, 0.5) is 0 Å². The highest BCUT2D eigenvalue weighted by molar-refractivity contribution is 5.37. The minimum absolute atomic E-state index is 0.0596.